The third-order valence-electron chi connectivity index (χ3n) is 3.00. The van der Waals surface area contributed by atoms with E-state index in [0.717, 1.165) is 6.07 Å². The fourth-order valence-corrected chi connectivity index (χ4v) is 1.77. The molecule has 0 atom stereocenters. The minimum absolute atomic E-state index is 0.169. The van der Waals surface area contributed by atoms with E-state index in [0.29, 0.717) is 13.2 Å². The van der Waals surface area contributed by atoms with Gasteiger partial charge in [0.1, 0.15) is 5.69 Å². The highest BCUT2D eigenvalue weighted by molar-refractivity contribution is 5.69. The number of hydrogen-bond donors (Lipinski definition) is 1. The zero-order valence-electron chi connectivity index (χ0n) is 13.6. The lowest BCUT2D eigenvalue weighted by Crippen LogP contribution is -2.14. The highest BCUT2D eigenvalue weighted by Crippen LogP contribution is 2.28. The predicted molar refractivity (Wildman–Crippen MR) is 86.5 cm³/mol. The molecule has 1 rings (SSSR count). The quantitative estimate of drug-likeness (QED) is 0.255. The van der Waals surface area contributed by atoms with Gasteiger partial charge in [0, 0.05) is 12.6 Å². The number of hydrogen-bond acceptors (Lipinski definition) is 9. The van der Waals surface area contributed by atoms with Crippen molar-refractivity contribution in [2.75, 3.05) is 45.4 Å². The average Bonchev–Trinajstić information content (AvgIpc) is 2.59. The van der Waals surface area contributed by atoms with E-state index in [-0.39, 0.29) is 49.2 Å². The third kappa shape index (κ3) is 7.54. The molecule has 0 radical (unpaired) electrons. The highest BCUT2D eigenvalue weighted by atomic mass is 16.6. The second-order valence-electron chi connectivity index (χ2n) is 4.69. The van der Waals surface area contributed by atoms with Crippen LogP contribution in [0.5, 0.6) is 0 Å². The molecular formula is C14H19N3O8. The van der Waals surface area contributed by atoms with Gasteiger partial charge in [0.2, 0.25) is 0 Å². The van der Waals surface area contributed by atoms with E-state index in [9.17, 15) is 25.0 Å². The van der Waals surface area contributed by atoms with E-state index >= 15 is 0 Å². The normalized spacial score (nSPS) is 10.3. The number of nitrogens with zero attached hydrogens (tertiary/aromatic N) is 2. The van der Waals surface area contributed by atoms with Gasteiger partial charge in [0.25, 0.3) is 11.4 Å². The van der Waals surface area contributed by atoms with Crippen LogP contribution in [0.2, 0.25) is 0 Å². The Bertz CT molecular complexity index is 608. The molecule has 0 aliphatic rings. The fraction of sp³-hybridized carbons (Fsp3) is 0.500. The Morgan fingerprint density at radius 1 is 1.08 bits per heavy atom. The Balaban J connectivity index is 2.27. The molecule has 25 heavy (non-hydrogen) atoms. The summed E-state index contributed by atoms with van der Waals surface area (Å²) in [7, 11) is 1.30. The maximum absolute atomic E-state index is 11.0. The minimum atomic E-state index is -0.694. The lowest BCUT2D eigenvalue weighted by molar-refractivity contribution is -0.393. The second-order valence-corrected chi connectivity index (χ2v) is 4.69. The molecule has 0 unspecified atom stereocenters. The third-order valence-corrected chi connectivity index (χ3v) is 3.00. The molecule has 1 N–H and O–H groups in total. The number of methoxy groups -OCH3 is 1. The number of carbonyl (C=O) groups excluding carboxylic acids is 1. The van der Waals surface area contributed by atoms with Gasteiger partial charge in [-0.1, -0.05) is 0 Å². The van der Waals surface area contributed by atoms with Crippen LogP contribution in [0.15, 0.2) is 18.2 Å². The van der Waals surface area contributed by atoms with Crippen molar-refractivity contribution in [2.45, 2.75) is 6.42 Å². The van der Waals surface area contributed by atoms with Crippen molar-refractivity contribution in [1.82, 2.24) is 0 Å². The van der Waals surface area contributed by atoms with Crippen LogP contribution in [0, 0.1) is 20.2 Å². The average molecular weight is 357 g/mol. The van der Waals surface area contributed by atoms with Gasteiger partial charge in [-0.15, -0.1) is 0 Å². The zero-order valence-corrected chi connectivity index (χ0v) is 13.6. The van der Waals surface area contributed by atoms with Gasteiger partial charge in [0.15, 0.2) is 0 Å². The summed E-state index contributed by atoms with van der Waals surface area (Å²) in [5.41, 5.74) is -0.550. The molecule has 1 aromatic rings. The summed E-state index contributed by atoms with van der Waals surface area (Å²) in [6, 6.07) is 3.37. The number of carbonyl (C=O) groups is 1. The first-order chi connectivity index (χ1) is 12.0. The van der Waals surface area contributed by atoms with E-state index in [4.69, 9.17) is 9.47 Å². The van der Waals surface area contributed by atoms with Gasteiger partial charge < -0.3 is 19.5 Å². The Hall–Kier alpha value is -2.79. The second kappa shape index (κ2) is 10.9. The number of anilines is 1. The molecule has 0 aromatic heterocycles. The lowest BCUT2D eigenvalue weighted by Gasteiger charge is -2.08. The van der Waals surface area contributed by atoms with Crippen molar-refractivity contribution in [3.63, 3.8) is 0 Å². The number of nitro groups is 2. The number of ether oxygens (including phenoxy) is 3. The molecule has 0 saturated heterocycles. The van der Waals surface area contributed by atoms with Gasteiger partial charge in [-0.05, 0) is 6.07 Å². The molecule has 0 fully saturated rings. The Morgan fingerprint density at radius 2 is 1.76 bits per heavy atom. The van der Waals surface area contributed by atoms with Crippen LogP contribution in [0.25, 0.3) is 0 Å². The van der Waals surface area contributed by atoms with Crippen molar-refractivity contribution in [3.05, 3.63) is 38.4 Å². The van der Waals surface area contributed by atoms with Crippen LogP contribution in [0.4, 0.5) is 17.1 Å². The van der Waals surface area contributed by atoms with Crippen LogP contribution < -0.4 is 5.32 Å². The van der Waals surface area contributed by atoms with E-state index in [1.54, 1.807) is 0 Å². The number of rotatable bonds is 12. The maximum atomic E-state index is 11.0. The SMILES string of the molecule is COC(=O)CCOCCOCCNc1ccc([N+](=O)[O-])cc1[N+](=O)[O-]. The number of non-ortho nitro benzene ring substituents is 1. The fourth-order valence-electron chi connectivity index (χ4n) is 1.77. The molecule has 0 aliphatic heterocycles. The van der Waals surface area contributed by atoms with Gasteiger partial charge in [-0.25, -0.2) is 0 Å². The molecule has 0 spiro atoms. The van der Waals surface area contributed by atoms with Crippen LogP contribution in [0.3, 0.4) is 0 Å². The summed E-state index contributed by atoms with van der Waals surface area (Å²) in [4.78, 5) is 31.1. The standard InChI is InChI=1S/C14H19N3O8/c1-23-14(18)4-6-24-8-9-25-7-5-15-12-3-2-11(16(19)20)10-13(12)17(21)22/h2-3,10,15H,4-9H2,1H3. The molecule has 11 heteroatoms. The molecule has 0 saturated carbocycles. The number of nitrogens with one attached hydrogen (secondary N) is 1. The van der Waals surface area contributed by atoms with E-state index in [1.165, 1.54) is 19.2 Å². The summed E-state index contributed by atoms with van der Waals surface area (Å²) in [5.74, 6) is -0.352. The summed E-state index contributed by atoms with van der Waals surface area (Å²) in [5, 5.41) is 24.4. The molecule has 1 aromatic carbocycles. The molecule has 0 aliphatic carbocycles. The monoisotopic (exact) mass is 357 g/mol. The largest absolute Gasteiger partial charge is 0.469 e. The van der Waals surface area contributed by atoms with Crippen molar-refractivity contribution < 1.29 is 28.9 Å². The Kier molecular flexibility index (Phi) is 8.82. The smallest absolute Gasteiger partial charge is 0.307 e. The van der Waals surface area contributed by atoms with Gasteiger partial charge >= 0.3 is 5.97 Å². The number of esters is 1. The highest BCUT2D eigenvalue weighted by Gasteiger charge is 2.18. The Labute approximate surface area is 143 Å². The van der Waals surface area contributed by atoms with Crippen LogP contribution in [-0.2, 0) is 19.0 Å². The van der Waals surface area contributed by atoms with Crippen LogP contribution in [-0.4, -0.2) is 55.9 Å². The van der Waals surface area contributed by atoms with Gasteiger partial charge in [-0.3, -0.25) is 25.0 Å². The van der Waals surface area contributed by atoms with Crippen LogP contribution in [0.1, 0.15) is 6.42 Å². The molecule has 138 valence electrons. The van der Waals surface area contributed by atoms with Crippen molar-refractivity contribution in [2.24, 2.45) is 0 Å². The number of nitro benzene ring substituents is 2. The first-order valence-corrected chi connectivity index (χ1v) is 7.34. The first-order valence-electron chi connectivity index (χ1n) is 7.34. The van der Waals surface area contributed by atoms with E-state index in [1.807, 2.05) is 0 Å². The van der Waals surface area contributed by atoms with Gasteiger partial charge in [-0.2, -0.15) is 0 Å². The summed E-state index contributed by atoms with van der Waals surface area (Å²) in [6.45, 7) is 1.37. The Morgan fingerprint density at radius 3 is 2.36 bits per heavy atom. The maximum Gasteiger partial charge on any atom is 0.307 e. The summed E-state index contributed by atoms with van der Waals surface area (Å²) < 4.78 is 14.9. The molecule has 0 amide bonds. The summed E-state index contributed by atoms with van der Waals surface area (Å²) in [6.07, 6.45) is 0.169. The number of benzene rings is 1. The van der Waals surface area contributed by atoms with Crippen molar-refractivity contribution in [3.8, 4) is 0 Å². The topological polar surface area (TPSA) is 143 Å². The van der Waals surface area contributed by atoms with Gasteiger partial charge in [0.05, 0.1) is 55.9 Å². The summed E-state index contributed by atoms with van der Waals surface area (Å²) >= 11 is 0. The zero-order chi connectivity index (χ0) is 18.7. The van der Waals surface area contributed by atoms with E-state index < -0.39 is 9.85 Å². The predicted octanol–water partition coefficient (Wildman–Crippen LogP) is 1.51. The molecule has 0 heterocycles. The van der Waals surface area contributed by atoms with Crippen molar-refractivity contribution in [1.29, 1.82) is 0 Å². The molecule has 11 nitrogen and oxygen atoms in total. The van der Waals surface area contributed by atoms with E-state index in [2.05, 4.69) is 10.1 Å². The first kappa shape index (κ1) is 20.3. The minimum Gasteiger partial charge on any atom is -0.469 e. The van der Waals surface area contributed by atoms with Crippen LogP contribution >= 0.6 is 0 Å². The van der Waals surface area contributed by atoms with Crippen molar-refractivity contribution >= 4 is 23.0 Å². The molecule has 0 bridgehead atoms. The lowest BCUT2D eigenvalue weighted by atomic mass is 10.2. The molecular weight excluding hydrogens is 338 g/mol.